The smallest absolute Gasteiger partial charge is 0.264 e. The molecule has 3 rings (SSSR count). The molecule has 5 nitrogen and oxygen atoms in total. The molecule has 0 aliphatic heterocycles. The SMILES string of the molecule is O=C(Cc1ccc(Br)cc1)Nc1ccccc1-c1ccc(=O)[nH]n1. The highest BCUT2D eigenvalue weighted by molar-refractivity contribution is 9.10. The summed E-state index contributed by atoms with van der Waals surface area (Å²) in [5.41, 5.74) is 2.65. The van der Waals surface area contributed by atoms with Crippen LogP contribution in [0.25, 0.3) is 11.3 Å². The van der Waals surface area contributed by atoms with Crippen molar-refractivity contribution in [3.63, 3.8) is 0 Å². The third-order valence-electron chi connectivity index (χ3n) is 3.43. The summed E-state index contributed by atoms with van der Waals surface area (Å²) in [5.74, 6) is -0.116. The van der Waals surface area contributed by atoms with E-state index in [0.29, 0.717) is 11.4 Å². The molecule has 0 aliphatic rings. The lowest BCUT2D eigenvalue weighted by molar-refractivity contribution is -0.115. The van der Waals surface area contributed by atoms with Gasteiger partial charge in [-0.05, 0) is 29.8 Å². The summed E-state index contributed by atoms with van der Waals surface area (Å²) in [6.07, 6.45) is 0.278. The van der Waals surface area contributed by atoms with Gasteiger partial charge in [0.2, 0.25) is 5.91 Å². The summed E-state index contributed by atoms with van der Waals surface area (Å²) in [7, 11) is 0. The number of amides is 1. The highest BCUT2D eigenvalue weighted by Crippen LogP contribution is 2.25. The zero-order chi connectivity index (χ0) is 16.9. The third-order valence-corrected chi connectivity index (χ3v) is 3.96. The molecule has 120 valence electrons. The van der Waals surface area contributed by atoms with E-state index in [1.165, 1.54) is 6.07 Å². The van der Waals surface area contributed by atoms with E-state index in [1.54, 1.807) is 6.07 Å². The van der Waals surface area contributed by atoms with E-state index in [2.05, 4.69) is 31.4 Å². The molecule has 0 saturated heterocycles. The van der Waals surface area contributed by atoms with E-state index in [9.17, 15) is 9.59 Å². The lowest BCUT2D eigenvalue weighted by Gasteiger charge is -2.10. The largest absolute Gasteiger partial charge is 0.325 e. The number of aromatic nitrogens is 2. The molecule has 6 heteroatoms. The Balaban J connectivity index is 1.80. The zero-order valence-electron chi connectivity index (χ0n) is 12.6. The number of hydrogen-bond donors (Lipinski definition) is 2. The van der Waals surface area contributed by atoms with Crippen LogP contribution in [0.4, 0.5) is 5.69 Å². The molecule has 0 saturated carbocycles. The van der Waals surface area contributed by atoms with Crippen LogP contribution in [0.15, 0.2) is 69.9 Å². The lowest BCUT2D eigenvalue weighted by Crippen LogP contribution is -2.15. The normalized spacial score (nSPS) is 10.4. The number of benzene rings is 2. The topological polar surface area (TPSA) is 74.8 Å². The predicted molar refractivity (Wildman–Crippen MR) is 96.8 cm³/mol. The molecule has 0 unspecified atom stereocenters. The van der Waals surface area contributed by atoms with Gasteiger partial charge in [-0.3, -0.25) is 9.59 Å². The van der Waals surface area contributed by atoms with Gasteiger partial charge in [-0.2, -0.15) is 5.10 Å². The third kappa shape index (κ3) is 3.97. The van der Waals surface area contributed by atoms with Crippen LogP contribution < -0.4 is 10.9 Å². The van der Waals surface area contributed by atoms with Gasteiger partial charge in [0.15, 0.2) is 0 Å². The van der Waals surface area contributed by atoms with Gasteiger partial charge in [-0.1, -0.05) is 46.3 Å². The fourth-order valence-corrected chi connectivity index (χ4v) is 2.56. The Bertz CT molecular complexity index is 900. The van der Waals surface area contributed by atoms with Crippen molar-refractivity contribution in [2.75, 3.05) is 5.32 Å². The van der Waals surface area contributed by atoms with Gasteiger partial charge in [0.1, 0.15) is 0 Å². The van der Waals surface area contributed by atoms with Crippen LogP contribution in [0, 0.1) is 0 Å². The van der Waals surface area contributed by atoms with Gasteiger partial charge in [-0.25, -0.2) is 5.10 Å². The molecule has 2 N–H and O–H groups in total. The van der Waals surface area contributed by atoms with Crippen LogP contribution >= 0.6 is 15.9 Å². The second kappa shape index (κ2) is 7.23. The van der Waals surface area contributed by atoms with Gasteiger partial charge < -0.3 is 5.32 Å². The van der Waals surface area contributed by atoms with E-state index < -0.39 is 0 Å². The number of para-hydroxylation sites is 1. The summed E-state index contributed by atoms with van der Waals surface area (Å²) in [6.45, 7) is 0. The van der Waals surface area contributed by atoms with Crippen molar-refractivity contribution >= 4 is 27.5 Å². The second-order valence-corrected chi connectivity index (χ2v) is 6.12. The molecule has 0 spiro atoms. The fraction of sp³-hybridized carbons (Fsp3) is 0.0556. The van der Waals surface area contributed by atoms with Crippen LogP contribution in [0.1, 0.15) is 5.56 Å². The van der Waals surface area contributed by atoms with Crippen molar-refractivity contribution in [2.24, 2.45) is 0 Å². The summed E-state index contributed by atoms with van der Waals surface area (Å²) in [5, 5.41) is 9.32. The molecule has 0 atom stereocenters. The molecule has 0 radical (unpaired) electrons. The first-order valence-corrected chi connectivity index (χ1v) is 8.10. The molecular weight excluding hydrogens is 370 g/mol. The number of anilines is 1. The molecule has 1 amide bonds. The second-order valence-electron chi connectivity index (χ2n) is 5.20. The van der Waals surface area contributed by atoms with Gasteiger partial charge in [-0.15, -0.1) is 0 Å². The average Bonchev–Trinajstić information content (AvgIpc) is 2.58. The number of H-pyrrole nitrogens is 1. The predicted octanol–water partition coefficient (Wildman–Crippen LogP) is 3.38. The first-order chi connectivity index (χ1) is 11.6. The number of carbonyl (C=O) groups is 1. The van der Waals surface area contributed by atoms with E-state index in [4.69, 9.17) is 0 Å². The van der Waals surface area contributed by atoms with Gasteiger partial charge in [0, 0.05) is 16.1 Å². The van der Waals surface area contributed by atoms with Crippen LogP contribution in [0.5, 0.6) is 0 Å². The molecule has 0 fully saturated rings. The molecular formula is C18H14BrN3O2. The van der Waals surface area contributed by atoms with E-state index >= 15 is 0 Å². The van der Waals surface area contributed by atoms with Crippen LogP contribution in [-0.2, 0) is 11.2 Å². The highest BCUT2D eigenvalue weighted by atomic mass is 79.9. The maximum atomic E-state index is 12.3. The number of halogens is 1. The van der Waals surface area contributed by atoms with Crippen LogP contribution in [-0.4, -0.2) is 16.1 Å². The van der Waals surface area contributed by atoms with Crippen molar-refractivity contribution < 1.29 is 4.79 Å². The first-order valence-electron chi connectivity index (χ1n) is 7.31. The van der Waals surface area contributed by atoms with Crippen molar-refractivity contribution in [1.82, 2.24) is 10.2 Å². The fourth-order valence-electron chi connectivity index (χ4n) is 2.29. The number of rotatable bonds is 4. The summed E-state index contributed by atoms with van der Waals surface area (Å²) in [6, 6.07) is 18.0. The minimum atomic E-state index is -0.268. The Labute approximate surface area is 146 Å². The maximum Gasteiger partial charge on any atom is 0.264 e. The first kappa shape index (κ1) is 16.1. The van der Waals surface area contributed by atoms with E-state index in [-0.39, 0.29) is 17.9 Å². The number of hydrogen-bond acceptors (Lipinski definition) is 3. The monoisotopic (exact) mass is 383 g/mol. The zero-order valence-corrected chi connectivity index (χ0v) is 14.2. The van der Waals surface area contributed by atoms with Crippen molar-refractivity contribution in [3.8, 4) is 11.3 Å². The molecule has 24 heavy (non-hydrogen) atoms. The highest BCUT2D eigenvalue weighted by Gasteiger charge is 2.10. The Morgan fingerprint density at radius 3 is 2.50 bits per heavy atom. The summed E-state index contributed by atoms with van der Waals surface area (Å²) < 4.78 is 0.973. The molecule has 1 heterocycles. The van der Waals surface area contributed by atoms with E-state index in [0.717, 1.165) is 15.6 Å². The molecule has 1 aromatic heterocycles. The molecule has 3 aromatic rings. The number of nitrogens with one attached hydrogen (secondary N) is 2. The number of nitrogens with zero attached hydrogens (tertiary/aromatic N) is 1. The summed E-state index contributed by atoms with van der Waals surface area (Å²) in [4.78, 5) is 23.5. The Kier molecular flexibility index (Phi) is 4.86. The molecule has 2 aromatic carbocycles. The van der Waals surface area contributed by atoms with Crippen LogP contribution in [0.3, 0.4) is 0 Å². The summed E-state index contributed by atoms with van der Waals surface area (Å²) >= 11 is 3.37. The standard InChI is InChI=1S/C18H14BrN3O2/c19-13-7-5-12(6-8-13)11-18(24)20-15-4-2-1-3-14(15)16-9-10-17(23)22-21-16/h1-10H,11H2,(H,20,24)(H,22,23). The average molecular weight is 384 g/mol. The van der Waals surface area contributed by atoms with Crippen molar-refractivity contribution in [2.45, 2.75) is 6.42 Å². The van der Waals surface area contributed by atoms with E-state index in [1.807, 2.05) is 48.5 Å². The maximum absolute atomic E-state index is 12.3. The van der Waals surface area contributed by atoms with Gasteiger partial charge in [0.05, 0.1) is 17.8 Å². The molecule has 0 bridgehead atoms. The minimum absolute atomic E-state index is 0.116. The quantitative estimate of drug-likeness (QED) is 0.724. The van der Waals surface area contributed by atoms with Gasteiger partial charge >= 0.3 is 0 Å². The lowest BCUT2D eigenvalue weighted by atomic mass is 10.1. The molecule has 0 aliphatic carbocycles. The minimum Gasteiger partial charge on any atom is -0.325 e. The van der Waals surface area contributed by atoms with Crippen molar-refractivity contribution in [1.29, 1.82) is 0 Å². The van der Waals surface area contributed by atoms with Crippen molar-refractivity contribution in [3.05, 3.63) is 81.1 Å². The Hall–Kier alpha value is -2.73. The van der Waals surface area contributed by atoms with Crippen LogP contribution in [0.2, 0.25) is 0 Å². The number of carbonyl (C=O) groups excluding carboxylic acids is 1. The Morgan fingerprint density at radius 2 is 1.79 bits per heavy atom. The Morgan fingerprint density at radius 1 is 1.04 bits per heavy atom. The van der Waals surface area contributed by atoms with Gasteiger partial charge in [0.25, 0.3) is 5.56 Å². The number of aromatic amines is 1.